The summed E-state index contributed by atoms with van der Waals surface area (Å²) in [5.41, 5.74) is 0. The molecule has 0 aliphatic carbocycles. The lowest BCUT2D eigenvalue weighted by molar-refractivity contribution is -0.119. The molecule has 0 spiro atoms. The molecule has 0 radical (unpaired) electrons. The molecule has 0 aromatic heterocycles. The fourth-order valence-corrected chi connectivity index (χ4v) is 2.28. The molecule has 94 valence electrons. The molecule has 1 N–H and O–H groups in total. The van der Waals surface area contributed by atoms with Gasteiger partial charge in [0.05, 0.1) is 5.75 Å². The third-order valence-electron chi connectivity index (χ3n) is 2.53. The second kappa shape index (κ2) is 7.62. The molecule has 1 aromatic rings. The summed E-state index contributed by atoms with van der Waals surface area (Å²) in [4.78, 5) is 12.7. The van der Waals surface area contributed by atoms with E-state index in [-0.39, 0.29) is 5.91 Å². The first-order chi connectivity index (χ1) is 8.15. The largest absolute Gasteiger partial charge is 0.353 e. The van der Waals surface area contributed by atoms with Crippen molar-refractivity contribution in [2.75, 3.05) is 5.75 Å². The standard InChI is InChI=1S/C13H18ClNOS/c1-3-11(4-2)15-13(16)9-17-12-7-5-10(14)6-8-12/h5-8,11H,3-4,9H2,1-2H3,(H,15,16). The molecule has 0 atom stereocenters. The van der Waals surface area contributed by atoms with Gasteiger partial charge in [-0.15, -0.1) is 11.8 Å². The zero-order valence-corrected chi connectivity index (χ0v) is 11.8. The zero-order valence-electron chi connectivity index (χ0n) is 10.2. The minimum absolute atomic E-state index is 0.0960. The lowest BCUT2D eigenvalue weighted by Crippen LogP contribution is -2.34. The van der Waals surface area contributed by atoms with Crippen LogP contribution < -0.4 is 5.32 Å². The van der Waals surface area contributed by atoms with Crippen molar-refractivity contribution < 1.29 is 4.79 Å². The molecule has 0 unspecified atom stereocenters. The topological polar surface area (TPSA) is 29.1 Å². The van der Waals surface area contributed by atoms with Crippen LogP contribution in [0.4, 0.5) is 0 Å². The quantitative estimate of drug-likeness (QED) is 0.799. The molecule has 0 fully saturated rings. The summed E-state index contributed by atoms with van der Waals surface area (Å²) < 4.78 is 0. The van der Waals surface area contributed by atoms with E-state index in [9.17, 15) is 4.79 Å². The summed E-state index contributed by atoms with van der Waals surface area (Å²) in [7, 11) is 0. The first kappa shape index (κ1) is 14.4. The van der Waals surface area contributed by atoms with Crippen molar-refractivity contribution in [1.29, 1.82) is 0 Å². The molecule has 0 heterocycles. The van der Waals surface area contributed by atoms with Crippen molar-refractivity contribution in [2.24, 2.45) is 0 Å². The molecule has 0 saturated heterocycles. The Morgan fingerprint density at radius 2 is 1.88 bits per heavy atom. The fourth-order valence-electron chi connectivity index (χ4n) is 1.44. The van der Waals surface area contributed by atoms with E-state index in [1.807, 2.05) is 24.3 Å². The highest BCUT2D eigenvalue weighted by molar-refractivity contribution is 8.00. The Labute approximate surface area is 112 Å². The highest BCUT2D eigenvalue weighted by atomic mass is 35.5. The summed E-state index contributed by atoms with van der Waals surface area (Å²) in [6.07, 6.45) is 1.96. The summed E-state index contributed by atoms with van der Waals surface area (Å²) >= 11 is 7.32. The van der Waals surface area contributed by atoms with Gasteiger partial charge >= 0.3 is 0 Å². The van der Waals surface area contributed by atoms with Gasteiger partial charge in [0, 0.05) is 16.0 Å². The lowest BCUT2D eigenvalue weighted by Gasteiger charge is -2.14. The maximum absolute atomic E-state index is 11.7. The minimum atomic E-state index is 0.0960. The van der Waals surface area contributed by atoms with Crippen molar-refractivity contribution in [2.45, 2.75) is 37.6 Å². The van der Waals surface area contributed by atoms with Crippen molar-refractivity contribution in [1.82, 2.24) is 5.32 Å². The molecule has 0 aliphatic rings. The molecule has 17 heavy (non-hydrogen) atoms. The van der Waals surface area contributed by atoms with Crippen molar-refractivity contribution >= 4 is 29.3 Å². The van der Waals surface area contributed by atoms with Gasteiger partial charge in [-0.2, -0.15) is 0 Å². The average molecular weight is 272 g/mol. The van der Waals surface area contributed by atoms with Crippen LogP contribution in [-0.2, 0) is 4.79 Å². The molecule has 0 saturated carbocycles. The first-order valence-corrected chi connectivity index (χ1v) is 7.19. The SMILES string of the molecule is CCC(CC)NC(=O)CSc1ccc(Cl)cc1. The van der Waals surface area contributed by atoms with Crippen LogP contribution in [0.25, 0.3) is 0 Å². The van der Waals surface area contributed by atoms with Gasteiger partial charge in [-0.1, -0.05) is 25.4 Å². The van der Waals surface area contributed by atoms with E-state index >= 15 is 0 Å². The van der Waals surface area contributed by atoms with Crippen LogP contribution in [0.3, 0.4) is 0 Å². The van der Waals surface area contributed by atoms with Crippen LogP contribution in [0.15, 0.2) is 29.2 Å². The van der Waals surface area contributed by atoms with E-state index in [0.717, 1.165) is 22.8 Å². The Kier molecular flexibility index (Phi) is 6.45. The van der Waals surface area contributed by atoms with Crippen molar-refractivity contribution in [3.8, 4) is 0 Å². The number of carbonyl (C=O) groups excluding carboxylic acids is 1. The lowest BCUT2D eigenvalue weighted by atomic mass is 10.2. The van der Waals surface area contributed by atoms with E-state index in [2.05, 4.69) is 19.2 Å². The van der Waals surface area contributed by atoms with Crippen molar-refractivity contribution in [3.63, 3.8) is 0 Å². The van der Waals surface area contributed by atoms with Crippen molar-refractivity contribution in [3.05, 3.63) is 29.3 Å². The van der Waals surface area contributed by atoms with E-state index in [0.29, 0.717) is 11.8 Å². The van der Waals surface area contributed by atoms with Gasteiger partial charge in [0.2, 0.25) is 5.91 Å². The van der Waals surface area contributed by atoms with Gasteiger partial charge < -0.3 is 5.32 Å². The Bertz CT molecular complexity index is 349. The summed E-state index contributed by atoms with van der Waals surface area (Å²) in [6, 6.07) is 7.83. The fraction of sp³-hybridized carbons (Fsp3) is 0.462. The average Bonchev–Trinajstić information content (AvgIpc) is 2.35. The van der Waals surface area contributed by atoms with E-state index in [1.165, 1.54) is 11.8 Å². The molecule has 2 nitrogen and oxygen atoms in total. The highest BCUT2D eigenvalue weighted by Crippen LogP contribution is 2.20. The third-order valence-corrected chi connectivity index (χ3v) is 3.80. The molecule has 4 heteroatoms. The predicted molar refractivity (Wildman–Crippen MR) is 74.7 cm³/mol. The number of amides is 1. The second-order valence-electron chi connectivity index (χ2n) is 3.82. The number of benzene rings is 1. The molecular weight excluding hydrogens is 254 g/mol. The summed E-state index contributed by atoms with van der Waals surface area (Å²) in [6.45, 7) is 4.17. The monoisotopic (exact) mass is 271 g/mol. The van der Waals surface area contributed by atoms with Gasteiger partial charge in [-0.25, -0.2) is 0 Å². The van der Waals surface area contributed by atoms with Gasteiger partial charge in [0.25, 0.3) is 0 Å². The zero-order chi connectivity index (χ0) is 12.7. The smallest absolute Gasteiger partial charge is 0.230 e. The number of carbonyl (C=O) groups is 1. The third kappa shape index (κ3) is 5.46. The number of nitrogens with one attached hydrogen (secondary N) is 1. The normalized spacial score (nSPS) is 10.6. The Hall–Kier alpha value is -0.670. The maximum atomic E-state index is 11.7. The molecule has 0 bridgehead atoms. The number of rotatable bonds is 6. The number of halogens is 1. The van der Waals surface area contributed by atoms with Crippen LogP contribution in [0, 0.1) is 0 Å². The predicted octanol–water partition coefficient (Wildman–Crippen LogP) is 3.74. The Morgan fingerprint density at radius 1 is 1.29 bits per heavy atom. The highest BCUT2D eigenvalue weighted by Gasteiger charge is 2.08. The summed E-state index contributed by atoms with van der Waals surface area (Å²) in [5, 5.41) is 3.73. The maximum Gasteiger partial charge on any atom is 0.230 e. The molecule has 1 rings (SSSR count). The minimum Gasteiger partial charge on any atom is -0.353 e. The van der Waals surface area contributed by atoms with Gasteiger partial charge in [0.15, 0.2) is 0 Å². The van der Waals surface area contributed by atoms with Gasteiger partial charge in [0.1, 0.15) is 0 Å². The molecule has 1 amide bonds. The molecule has 0 aliphatic heterocycles. The first-order valence-electron chi connectivity index (χ1n) is 5.83. The van der Waals surface area contributed by atoms with E-state index < -0.39 is 0 Å². The second-order valence-corrected chi connectivity index (χ2v) is 5.31. The Balaban J connectivity index is 2.35. The molecular formula is C13H18ClNOS. The number of hydrogen-bond donors (Lipinski definition) is 1. The Morgan fingerprint density at radius 3 is 2.41 bits per heavy atom. The number of hydrogen-bond acceptors (Lipinski definition) is 2. The molecule has 1 aromatic carbocycles. The van der Waals surface area contributed by atoms with E-state index in [1.54, 1.807) is 0 Å². The van der Waals surface area contributed by atoms with Crippen LogP contribution in [0.5, 0.6) is 0 Å². The van der Waals surface area contributed by atoms with E-state index in [4.69, 9.17) is 11.6 Å². The van der Waals surface area contributed by atoms with Gasteiger partial charge in [-0.3, -0.25) is 4.79 Å². The van der Waals surface area contributed by atoms with Crippen LogP contribution in [0.1, 0.15) is 26.7 Å². The number of thioether (sulfide) groups is 1. The summed E-state index contributed by atoms with van der Waals surface area (Å²) in [5.74, 6) is 0.552. The van der Waals surface area contributed by atoms with Crippen LogP contribution in [-0.4, -0.2) is 17.7 Å². The van der Waals surface area contributed by atoms with Gasteiger partial charge in [-0.05, 0) is 37.1 Å². The van der Waals surface area contributed by atoms with Crippen LogP contribution >= 0.6 is 23.4 Å². The van der Waals surface area contributed by atoms with Crippen LogP contribution in [0.2, 0.25) is 5.02 Å².